The second-order valence-electron chi connectivity index (χ2n) is 5.10. The zero-order valence-electron chi connectivity index (χ0n) is 12.4. The SMILES string of the molecule is O=C(O)C(=O)Cc1ccc(/C=C\c2ccc(C(F)(F)F)cc2)cc1. The highest BCUT2D eigenvalue weighted by Crippen LogP contribution is 2.29. The number of hydrogen-bond donors (Lipinski definition) is 1. The molecule has 2 aromatic rings. The predicted molar refractivity (Wildman–Crippen MR) is 83.2 cm³/mol. The van der Waals surface area contributed by atoms with E-state index in [2.05, 4.69) is 0 Å². The summed E-state index contributed by atoms with van der Waals surface area (Å²) in [5.41, 5.74) is 1.27. The molecule has 6 heteroatoms. The molecule has 0 fully saturated rings. The van der Waals surface area contributed by atoms with Crippen molar-refractivity contribution in [1.29, 1.82) is 0 Å². The molecule has 2 aromatic carbocycles. The quantitative estimate of drug-likeness (QED) is 0.662. The number of carbonyl (C=O) groups is 2. The molecule has 0 atom stereocenters. The standard InChI is InChI=1S/C18H13F3O3/c19-18(20,21)15-9-7-13(8-10-15)2-1-12-3-5-14(6-4-12)11-16(22)17(23)24/h1-10H,11H2,(H,23,24)/b2-1-. The van der Waals surface area contributed by atoms with E-state index in [1.165, 1.54) is 12.1 Å². The first-order valence-electron chi connectivity index (χ1n) is 6.96. The van der Waals surface area contributed by atoms with Crippen LogP contribution in [0.25, 0.3) is 12.2 Å². The van der Waals surface area contributed by atoms with Crippen LogP contribution < -0.4 is 0 Å². The summed E-state index contributed by atoms with van der Waals surface area (Å²) in [6.07, 6.45) is -1.16. The molecule has 0 bridgehead atoms. The molecular weight excluding hydrogens is 321 g/mol. The summed E-state index contributed by atoms with van der Waals surface area (Å²) in [5.74, 6) is -2.36. The Kier molecular flexibility index (Phi) is 5.18. The normalized spacial score (nSPS) is 11.6. The summed E-state index contributed by atoms with van der Waals surface area (Å²) < 4.78 is 37.4. The monoisotopic (exact) mass is 334 g/mol. The van der Waals surface area contributed by atoms with Gasteiger partial charge in [-0.3, -0.25) is 4.79 Å². The maximum Gasteiger partial charge on any atom is 0.416 e. The molecule has 0 aromatic heterocycles. The van der Waals surface area contributed by atoms with Crippen molar-refractivity contribution in [3.05, 3.63) is 70.8 Å². The van der Waals surface area contributed by atoms with Gasteiger partial charge in [-0.05, 0) is 28.8 Å². The largest absolute Gasteiger partial charge is 0.475 e. The van der Waals surface area contributed by atoms with E-state index in [0.717, 1.165) is 17.7 Å². The fraction of sp³-hybridized carbons (Fsp3) is 0.111. The Morgan fingerprint density at radius 3 is 1.75 bits per heavy atom. The first kappa shape index (κ1) is 17.5. The molecule has 1 N–H and O–H groups in total. The van der Waals surface area contributed by atoms with Gasteiger partial charge in [-0.2, -0.15) is 13.2 Å². The maximum absolute atomic E-state index is 12.5. The third kappa shape index (κ3) is 4.81. The average Bonchev–Trinajstić information content (AvgIpc) is 2.53. The number of halogens is 3. The number of carboxylic acid groups (broad SMARTS) is 1. The van der Waals surface area contributed by atoms with E-state index in [4.69, 9.17) is 5.11 Å². The van der Waals surface area contributed by atoms with Gasteiger partial charge < -0.3 is 5.11 Å². The van der Waals surface area contributed by atoms with E-state index in [-0.39, 0.29) is 6.42 Å². The summed E-state index contributed by atoms with van der Waals surface area (Å²) >= 11 is 0. The Morgan fingerprint density at radius 2 is 1.33 bits per heavy atom. The van der Waals surface area contributed by atoms with Crippen LogP contribution in [-0.4, -0.2) is 16.9 Å². The van der Waals surface area contributed by atoms with Gasteiger partial charge in [0.1, 0.15) is 0 Å². The van der Waals surface area contributed by atoms with Crippen molar-refractivity contribution in [3.8, 4) is 0 Å². The van der Waals surface area contributed by atoms with Crippen LogP contribution in [0.2, 0.25) is 0 Å². The van der Waals surface area contributed by atoms with Crippen molar-refractivity contribution in [3.63, 3.8) is 0 Å². The zero-order chi connectivity index (χ0) is 17.7. The molecule has 0 amide bonds. The van der Waals surface area contributed by atoms with Crippen LogP contribution in [0.1, 0.15) is 22.3 Å². The number of rotatable bonds is 5. The Balaban J connectivity index is 2.04. The van der Waals surface area contributed by atoms with E-state index in [9.17, 15) is 22.8 Å². The van der Waals surface area contributed by atoms with Gasteiger partial charge in [0.25, 0.3) is 0 Å². The van der Waals surface area contributed by atoms with Crippen LogP contribution in [0.15, 0.2) is 48.5 Å². The van der Waals surface area contributed by atoms with Crippen molar-refractivity contribution in [2.45, 2.75) is 12.6 Å². The molecule has 0 radical (unpaired) electrons. The molecule has 0 spiro atoms. The number of carboxylic acids is 1. The van der Waals surface area contributed by atoms with Gasteiger partial charge in [-0.25, -0.2) is 4.79 Å². The molecule has 0 heterocycles. The number of hydrogen-bond acceptors (Lipinski definition) is 2. The molecule has 0 saturated carbocycles. The molecular formula is C18H13F3O3. The summed E-state index contributed by atoms with van der Waals surface area (Å²) in [6, 6.07) is 11.4. The number of ketones is 1. The molecule has 124 valence electrons. The second-order valence-corrected chi connectivity index (χ2v) is 5.10. The van der Waals surface area contributed by atoms with E-state index >= 15 is 0 Å². The van der Waals surface area contributed by atoms with Crippen molar-refractivity contribution in [2.24, 2.45) is 0 Å². The average molecular weight is 334 g/mol. The lowest BCUT2D eigenvalue weighted by Crippen LogP contribution is -2.14. The van der Waals surface area contributed by atoms with Gasteiger partial charge in [0, 0.05) is 6.42 Å². The summed E-state index contributed by atoms with van der Waals surface area (Å²) in [5, 5.41) is 8.55. The van der Waals surface area contributed by atoms with Crippen LogP contribution in [0, 0.1) is 0 Å². The van der Waals surface area contributed by atoms with E-state index in [1.807, 2.05) is 0 Å². The first-order valence-corrected chi connectivity index (χ1v) is 6.96. The molecule has 24 heavy (non-hydrogen) atoms. The van der Waals surface area contributed by atoms with Gasteiger partial charge >= 0.3 is 12.1 Å². The number of benzene rings is 2. The van der Waals surface area contributed by atoms with Crippen LogP contribution in [0.5, 0.6) is 0 Å². The number of Topliss-reactive ketones (excluding diaryl/α,β-unsaturated/α-hetero) is 1. The molecule has 0 unspecified atom stereocenters. The highest BCUT2D eigenvalue weighted by Gasteiger charge is 2.29. The van der Waals surface area contributed by atoms with Crippen LogP contribution in [-0.2, 0) is 22.2 Å². The summed E-state index contributed by atoms with van der Waals surface area (Å²) in [6.45, 7) is 0. The first-order chi connectivity index (χ1) is 11.3. The lowest BCUT2D eigenvalue weighted by molar-refractivity contribution is -0.148. The molecule has 0 aliphatic rings. The van der Waals surface area contributed by atoms with Crippen molar-refractivity contribution >= 4 is 23.9 Å². The molecule has 0 aliphatic carbocycles. The number of alkyl halides is 3. The van der Waals surface area contributed by atoms with Gasteiger partial charge in [0.15, 0.2) is 0 Å². The topological polar surface area (TPSA) is 54.4 Å². The molecule has 0 saturated heterocycles. The lowest BCUT2D eigenvalue weighted by atomic mass is 10.1. The van der Waals surface area contributed by atoms with E-state index < -0.39 is 23.5 Å². The zero-order valence-corrected chi connectivity index (χ0v) is 12.4. The van der Waals surface area contributed by atoms with Crippen LogP contribution >= 0.6 is 0 Å². The lowest BCUT2D eigenvalue weighted by Gasteiger charge is -2.05. The molecule has 0 aliphatic heterocycles. The van der Waals surface area contributed by atoms with Crippen molar-refractivity contribution < 1.29 is 27.9 Å². The van der Waals surface area contributed by atoms with Crippen molar-refractivity contribution in [2.75, 3.05) is 0 Å². The highest BCUT2D eigenvalue weighted by atomic mass is 19.4. The van der Waals surface area contributed by atoms with E-state index in [1.54, 1.807) is 36.4 Å². The third-order valence-corrected chi connectivity index (χ3v) is 3.29. The minimum Gasteiger partial charge on any atom is -0.475 e. The number of aliphatic carboxylic acids is 1. The number of carbonyl (C=O) groups excluding carboxylic acids is 1. The van der Waals surface area contributed by atoms with Gasteiger partial charge in [0.05, 0.1) is 5.56 Å². The van der Waals surface area contributed by atoms with Gasteiger partial charge in [-0.15, -0.1) is 0 Å². The van der Waals surface area contributed by atoms with Gasteiger partial charge in [-0.1, -0.05) is 48.6 Å². The fourth-order valence-electron chi connectivity index (χ4n) is 1.98. The minimum absolute atomic E-state index is 0.182. The molecule has 2 rings (SSSR count). The van der Waals surface area contributed by atoms with Crippen LogP contribution in [0.4, 0.5) is 13.2 Å². The minimum atomic E-state index is -4.36. The smallest absolute Gasteiger partial charge is 0.416 e. The van der Waals surface area contributed by atoms with Crippen LogP contribution in [0.3, 0.4) is 0 Å². The Hall–Kier alpha value is -2.89. The van der Waals surface area contributed by atoms with Gasteiger partial charge in [0.2, 0.25) is 5.78 Å². The summed E-state index contributed by atoms with van der Waals surface area (Å²) in [7, 11) is 0. The highest BCUT2D eigenvalue weighted by molar-refractivity contribution is 6.33. The van der Waals surface area contributed by atoms with E-state index in [0.29, 0.717) is 11.1 Å². The maximum atomic E-state index is 12.5. The molecule has 3 nitrogen and oxygen atoms in total. The Morgan fingerprint density at radius 1 is 0.875 bits per heavy atom. The Bertz CT molecular complexity index is 758. The van der Waals surface area contributed by atoms with Crippen molar-refractivity contribution in [1.82, 2.24) is 0 Å². The second kappa shape index (κ2) is 7.12. The Labute approximate surface area is 136 Å². The fourth-order valence-corrected chi connectivity index (χ4v) is 1.98. The predicted octanol–water partition coefficient (Wildman–Crippen LogP) is 4.07. The summed E-state index contributed by atoms with van der Waals surface area (Å²) in [4.78, 5) is 21.6. The third-order valence-electron chi connectivity index (χ3n) is 3.29.